The monoisotopic (exact) mass is 490 g/mol. The molecule has 0 aromatic carbocycles. The van der Waals surface area contributed by atoms with Gasteiger partial charge in [-0.1, -0.05) is 0 Å². The number of carboxylic acid groups (broad SMARTS) is 1. The topological polar surface area (TPSA) is 299 Å². The molecule has 0 rings (SSSR count). The number of aliphatic imine (C=N–C) groups is 1. The highest BCUT2D eigenvalue weighted by molar-refractivity contribution is 5.94. The average molecular weight is 491 g/mol. The molecule has 5 unspecified atom stereocenters. The molecule has 14 N–H and O–H groups in total. The molecule has 0 bridgehead atoms. The number of rotatable bonds is 16. The summed E-state index contributed by atoms with van der Waals surface area (Å²) in [6, 6.07) is -5.71. The fourth-order valence-electron chi connectivity index (χ4n) is 2.60. The molecule has 194 valence electrons. The molecular formula is C18H34N8O8. The van der Waals surface area contributed by atoms with Gasteiger partial charge in [0.2, 0.25) is 23.6 Å². The van der Waals surface area contributed by atoms with Gasteiger partial charge in [-0.15, -0.1) is 0 Å². The fraction of sp³-hybridized carbons (Fsp3) is 0.667. The quantitative estimate of drug-likeness (QED) is 0.0552. The number of carboxylic acids is 1. The Morgan fingerprint density at radius 2 is 1.50 bits per heavy atom. The van der Waals surface area contributed by atoms with E-state index in [1.807, 2.05) is 0 Å². The van der Waals surface area contributed by atoms with Gasteiger partial charge in [-0.05, 0) is 26.2 Å². The summed E-state index contributed by atoms with van der Waals surface area (Å²) in [5, 5.41) is 34.9. The minimum atomic E-state index is -1.57. The predicted molar refractivity (Wildman–Crippen MR) is 119 cm³/mol. The molecule has 34 heavy (non-hydrogen) atoms. The van der Waals surface area contributed by atoms with Crippen molar-refractivity contribution in [3.8, 4) is 0 Å². The molecule has 0 aromatic heterocycles. The first-order valence-corrected chi connectivity index (χ1v) is 10.3. The lowest BCUT2D eigenvalue weighted by molar-refractivity contribution is -0.142. The number of aliphatic carboxylic acids is 1. The van der Waals surface area contributed by atoms with Crippen LogP contribution in [0.25, 0.3) is 0 Å². The smallest absolute Gasteiger partial charge is 0.326 e. The third-order valence-corrected chi connectivity index (χ3v) is 4.47. The minimum Gasteiger partial charge on any atom is -0.480 e. The zero-order chi connectivity index (χ0) is 26.4. The molecule has 0 aliphatic carbocycles. The van der Waals surface area contributed by atoms with E-state index in [-0.39, 0.29) is 38.2 Å². The number of carbonyl (C=O) groups is 5. The van der Waals surface area contributed by atoms with Crippen LogP contribution in [0.2, 0.25) is 0 Å². The first-order valence-electron chi connectivity index (χ1n) is 10.3. The molecule has 4 amide bonds. The van der Waals surface area contributed by atoms with E-state index in [2.05, 4.69) is 20.9 Å². The highest BCUT2D eigenvalue weighted by Gasteiger charge is 2.32. The molecule has 0 aliphatic heterocycles. The van der Waals surface area contributed by atoms with Gasteiger partial charge < -0.3 is 54.2 Å². The van der Waals surface area contributed by atoms with Crippen molar-refractivity contribution in [2.24, 2.45) is 27.9 Å². The molecule has 16 nitrogen and oxygen atoms in total. The third kappa shape index (κ3) is 11.9. The molecule has 0 radical (unpaired) electrons. The number of nitrogens with zero attached hydrogens (tertiary/aromatic N) is 1. The van der Waals surface area contributed by atoms with Gasteiger partial charge in [0.15, 0.2) is 5.96 Å². The van der Waals surface area contributed by atoms with Crippen LogP contribution in [0.5, 0.6) is 0 Å². The molecule has 0 aromatic rings. The van der Waals surface area contributed by atoms with E-state index in [1.54, 1.807) is 0 Å². The maximum Gasteiger partial charge on any atom is 0.326 e. The Hall–Kier alpha value is -3.50. The molecule has 5 atom stereocenters. The van der Waals surface area contributed by atoms with Crippen molar-refractivity contribution in [2.75, 3.05) is 13.2 Å². The summed E-state index contributed by atoms with van der Waals surface area (Å²) in [5.74, 6) is -5.21. The minimum absolute atomic E-state index is 0.0419. The van der Waals surface area contributed by atoms with Crippen molar-refractivity contribution in [3.63, 3.8) is 0 Å². The van der Waals surface area contributed by atoms with Gasteiger partial charge in [-0.2, -0.15) is 0 Å². The molecule has 0 aliphatic rings. The van der Waals surface area contributed by atoms with Gasteiger partial charge in [-0.25, -0.2) is 4.79 Å². The molecule has 0 spiro atoms. The first-order chi connectivity index (χ1) is 15.8. The van der Waals surface area contributed by atoms with Crippen LogP contribution in [0, 0.1) is 0 Å². The van der Waals surface area contributed by atoms with Gasteiger partial charge in [0.05, 0.1) is 12.7 Å². The Morgan fingerprint density at radius 1 is 0.912 bits per heavy atom. The highest BCUT2D eigenvalue weighted by Crippen LogP contribution is 2.05. The average Bonchev–Trinajstić information content (AvgIpc) is 2.74. The molecule has 16 heteroatoms. The molecule has 0 fully saturated rings. The van der Waals surface area contributed by atoms with Crippen molar-refractivity contribution < 1.29 is 39.3 Å². The number of hydrogen-bond donors (Lipinski definition) is 10. The predicted octanol–water partition coefficient (Wildman–Crippen LogP) is -5.46. The zero-order valence-electron chi connectivity index (χ0n) is 18.8. The molecule has 0 saturated heterocycles. The first kappa shape index (κ1) is 30.5. The summed E-state index contributed by atoms with van der Waals surface area (Å²) >= 11 is 0. The second kappa shape index (κ2) is 15.4. The Kier molecular flexibility index (Phi) is 13.8. The SMILES string of the molecule is CC(O)C(NC(=O)C(N)CO)C(=O)NC(CCC(N)=O)C(=O)NC(CCCN=C(N)N)C(=O)O. The van der Waals surface area contributed by atoms with Crippen LogP contribution >= 0.6 is 0 Å². The van der Waals surface area contributed by atoms with Crippen LogP contribution < -0.4 is 38.9 Å². The van der Waals surface area contributed by atoms with Crippen molar-refractivity contribution in [1.29, 1.82) is 0 Å². The van der Waals surface area contributed by atoms with Crippen molar-refractivity contribution in [1.82, 2.24) is 16.0 Å². The largest absolute Gasteiger partial charge is 0.480 e. The number of aliphatic hydroxyl groups is 2. The maximum absolute atomic E-state index is 12.7. The van der Waals surface area contributed by atoms with Crippen LogP contribution in [0.4, 0.5) is 0 Å². The summed E-state index contributed by atoms with van der Waals surface area (Å²) in [5.41, 5.74) is 20.9. The Morgan fingerprint density at radius 3 is 1.97 bits per heavy atom. The number of primary amides is 1. The van der Waals surface area contributed by atoms with Crippen molar-refractivity contribution >= 4 is 35.6 Å². The number of nitrogens with two attached hydrogens (primary N) is 4. The van der Waals surface area contributed by atoms with Crippen LogP contribution in [-0.2, 0) is 24.0 Å². The van der Waals surface area contributed by atoms with Crippen molar-refractivity contribution in [3.05, 3.63) is 0 Å². The number of hydrogen-bond acceptors (Lipinski definition) is 9. The molecule has 0 saturated carbocycles. The Balaban J connectivity index is 5.43. The van der Waals surface area contributed by atoms with E-state index in [9.17, 15) is 34.2 Å². The van der Waals surface area contributed by atoms with E-state index in [4.69, 9.17) is 28.0 Å². The van der Waals surface area contributed by atoms with E-state index < -0.39 is 66.5 Å². The summed E-state index contributed by atoms with van der Waals surface area (Å²) in [4.78, 5) is 63.7. The number of aliphatic hydroxyl groups excluding tert-OH is 2. The normalized spacial score (nSPS) is 15.1. The third-order valence-electron chi connectivity index (χ3n) is 4.47. The summed E-state index contributed by atoms with van der Waals surface area (Å²) in [6.07, 6.45) is -1.88. The summed E-state index contributed by atoms with van der Waals surface area (Å²) in [6.45, 7) is 0.587. The van der Waals surface area contributed by atoms with E-state index >= 15 is 0 Å². The fourth-order valence-corrected chi connectivity index (χ4v) is 2.60. The maximum atomic E-state index is 12.7. The van der Waals surface area contributed by atoms with E-state index in [0.29, 0.717) is 0 Å². The molecular weight excluding hydrogens is 456 g/mol. The van der Waals surface area contributed by atoms with E-state index in [1.165, 1.54) is 6.92 Å². The lowest BCUT2D eigenvalue weighted by atomic mass is 10.1. The molecule has 0 heterocycles. The van der Waals surface area contributed by atoms with Crippen LogP contribution in [0.1, 0.15) is 32.6 Å². The van der Waals surface area contributed by atoms with Crippen LogP contribution in [-0.4, -0.2) is 94.3 Å². The van der Waals surface area contributed by atoms with Gasteiger partial charge >= 0.3 is 5.97 Å². The summed E-state index contributed by atoms with van der Waals surface area (Å²) < 4.78 is 0. The number of nitrogens with one attached hydrogen (secondary N) is 3. The number of amides is 4. The second-order valence-corrected chi connectivity index (χ2v) is 7.43. The van der Waals surface area contributed by atoms with E-state index in [0.717, 1.165) is 0 Å². The number of carbonyl (C=O) groups excluding carboxylic acids is 4. The van der Waals surface area contributed by atoms with Gasteiger partial charge in [0.1, 0.15) is 24.2 Å². The second-order valence-electron chi connectivity index (χ2n) is 7.43. The lowest BCUT2D eigenvalue weighted by Gasteiger charge is -2.26. The summed E-state index contributed by atoms with van der Waals surface area (Å²) in [7, 11) is 0. The van der Waals surface area contributed by atoms with Crippen LogP contribution in [0.15, 0.2) is 4.99 Å². The lowest BCUT2D eigenvalue weighted by Crippen LogP contribution is -2.60. The Bertz CT molecular complexity index is 756. The van der Waals surface area contributed by atoms with Crippen LogP contribution in [0.3, 0.4) is 0 Å². The highest BCUT2D eigenvalue weighted by atomic mass is 16.4. The van der Waals surface area contributed by atoms with Gasteiger partial charge in [0.25, 0.3) is 0 Å². The number of guanidine groups is 1. The zero-order valence-corrected chi connectivity index (χ0v) is 18.8. The van der Waals surface area contributed by atoms with Gasteiger partial charge in [-0.3, -0.25) is 24.2 Å². The van der Waals surface area contributed by atoms with Crippen molar-refractivity contribution in [2.45, 2.75) is 62.9 Å². The standard InChI is InChI=1S/C18H34N8O8/c1-8(28)13(26-14(30)9(19)7-27)16(32)24-10(4-5-12(20)29)15(31)25-11(17(33)34)3-2-6-23-18(21)22/h8-11,13,27-28H,2-7,19H2,1H3,(H2,20,29)(H,24,32)(H,25,31)(H,26,30)(H,33,34)(H4,21,22,23). The Labute approximate surface area is 195 Å². The van der Waals surface area contributed by atoms with Gasteiger partial charge in [0, 0.05) is 13.0 Å².